The molecule has 2 atom stereocenters. The number of hydrogen-bond donors (Lipinski definition) is 1. The molecule has 0 saturated carbocycles. The summed E-state index contributed by atoms with van der Waals surface area (Å²) in [6.07, 6.45) is -1.08. The van der Waals surface area contributed by atoms with Crippen LogP contribution in [0.3, 0.4) is 0 Å². The van der Waals surface area contributed by atoms with Gasteiger partial charge in [-0.3, -0.25) is 0 Å². The number of benzene rings is 1. The third kappa shape index (κ3) is 2.75. The maximum atomic E-state index is 11.7. The Hall–Kier alpha value is -2.04. The van der Waals surface area contributed by atoms with Crippen LogP contribution in [0.5, 0.6) is 0 Å². The van der Waals surface area contributed by atoms with Crippen LogP contribution >= 0.6 is 0 Å². The fraction of sp³-hybridized carbons (Fsp3) is 0.333. The van der Waals surface area contributed by atoms with Crippen molar-refractivity contribution in [3.63, 3.8) is 0 Å². The zero-order chi connectivity index (χ0) is 12.3. The molecule has 1 aliphatic heterocycles. The lowest BCUT2D eigenvalue weighted by atomic mass is 10.2. The zero-order valence-corrected chi connectivity index (χ0v) is 9.38. The fourth-order valence-corrected chi connectivity index (χ4v) is 1.58. The summed E-state index contributed by atoms with van der Waals surface area (Å²) in [4.78, 5) is 22.6. The zero-order valence-electron chi connectivity index (χ0n) is 9.38. The molecule has 1 amide bonds. The highest BCUT2D eigenvalue weighted by Crippen LogP contribution is 2.10. The number of alkyl carbamates (subject to hydrolysis) is 1. The summed E-state index contributed by atoms with van der Waals surface area (Å²) in [5.41, 5.74) is 0.902. The normalized spacial score (nSPS) is 22.8. The van der Waals surface area contributed by atoms with Gasteiger partial charge in [-0.25, -0.2) is 9.59 Å². The van der Waals surface area contributed by atoms with Crippen LogP contribution in [0.2, 0.25) is 0 Å². The minimum absolute atomic E-state index is 0.193. The van der Waals surface area contributed by atoms with Gasteiger partial charge in [0.2, 0.25) is 0 Å². The first-order valence-corrected chi connectivity index (χ1v) is 5.34. The Morgan fingerprint density at radius 1 is 1.41 bits per heavy atom. The highest BCUT2D eigenvalue weighted by Gasteiger charge is 2.37. The molecule has 5 nitrogen and oxygen atoms in total. The van der Waals surface area contributed by atoms with Gasteiger partial charge in [0.1, 0.15) is 12.7 Å². The van der Waals surface area contributed by atoms with Crippen molar-refractivity contribution in [2.45, 2.75) is 25.7 Å². The molecule has 5 heteroatoms. The standard InChI is InChI=1S/C12H13NO4/c1-8-10(13-12(15)17-8)11(14)16-7-9-5-3-2-4-6-9/h2-6,8,10H,7H2,1H3,(H,13,15). The smallest absolute Gasteiger partial charge is 0.408 e. The summed E-state index contributed by atoms with van der Waals surface area (Å²) in [7, 11) is 0. The van der Waals surface area contributed by atoms with Gasteiger partial charge >= 0.3 is 12.1 Å². The molecule has 90 valence electrons. The van der Waals surface area contributed by atoms with E-state index in [1.165, 1.54) is 0 Å². The minimum Gasteiger partial charge on any atom is -0.459 e. The van der Waals surface area contributed by atoms with Crippen molar-refractivity contribution < 1.29 is 19.1 Å². The molecule has 17 heavy (non-hydrogen) atoms. The number of nitrogens with one attached hydrogen (secondary N) is 1. The van der Waals surface area contributed by atoms with Crippen molar-refractivity contribution in [2.24, 2.45) is 0 Å². The molecular formula is C12H13NO4. The second-order valence-electron chi connectivity index (χ2n) is 3.83. The lowest BCUT2D eigenvalue weighted by Crippen LogP contribution is -2.39. The first-order valence-electron chi connectivity index (χ1n) is 5.34. The van der Waals surface area contributed by atoms with Crippen LogP contribution in [0.15, 0.2) is 30.3 Å². The monoisotopic (exact) mass is 235 g/mol. The van der Waals surface area contributed by atoms with Crippen molar-refractivity contribution >= 4 is 12.1 Å². The van der Waals surface area contributed by atoms with E-state index in [4.69, 9.17) is 9.47 Å². The van der Waals surface area contributed by atoms with E-state index >= 15 is 0 Å². The van der Waals surface area contributed by atoms with Crippen LogP contribution < -0.4 is 5.32 Å². The third-order valence-corrected chi connectivity index (χ3v) is 2.51. The SMILES string of the molecule is CC1OC(=O)NC1C(=O)OCc1ccccc1. The molecular weight excluding hydrogens is 222 g/mol. The predicted molar refractivity (Wildman–Crippen MR) is 59.1 cm³/mol. The van der Waals surface area contributed by atoms with Gasteiger partial charge < -0.3 is 14.8 Å². The van der Waals surface area contributed by atoms with Gasteiger partial charge in [-0.1, -0.05) is 30.3 Å². The van der Waals surface area contributed by atoms with Gasteiger partial charge in [-0.15, -0.1) is 0 Å². The number of carbonyl (C=O) groups is 2. The largest absolute Gasteiger partial charge is 0.459 e. The molecule has 1 aromatic rings. The van der Waals surface area contributed by atoms with Crippen LogP contribution in [0.25, 0.3) is 0 Å². The van der Waals surface area contributed by atoms with E-state index < -0.39 is 24.2 Å². The highest BCUT2D eigenvalue weighted by molar-refractivity contribution is 5.84. The van der Waals surface area contributed by atoms with Crippen molar-refractivity contribution in [2.75, 3.05) is 0 Å². The van der Waals surface area contributed by atoms with Gasteiger partial charge in [0.25, 0.3) is 0 Å². The fourth-order valence-electron chi connectivity index (χ4n) is 1.58. The van der Waals surface area contributed by atoms with E-state index in [1.807, 2.05) is 30.3 Å². The Balaban J connectivity index is 1.88. The Labute approximate surface area is 98.7 Å². The first-order chi connectivity index (χ1) is 8.16. The summed E-state index contributed by atoms with van der Waals surface area (Å²) in [5.74, 6) is -0.479. The van der Waals surface area contributed by atoms with E-state index in [1.54, 1.807) is 6.92 Å². The Bertz CT molecular complexity index is 418. The van der Waals surface area contributed by atoms with Crippen molar-refractivity contribution in [3.05, 3.63) is 35.9 Å². The number of ether oxygens (including phenoxy) is 2. The summed E-state index contributed by atoms with van der Waals surface area (Å²) < 4.78 is 9.89. The molecule has 1 N–H and O–H groups in total. The van der Waals surface area contributed by atoms with Crippen LogP contribution in [-0.2, 0) is 20.9 Å². The van der Waals surface area contributed by atoms with E-state index in [2.05, 4.69) is 5.32 Å². The van der Waals surface area contributed by atoms with E-state index in [0.29, 0.717) is 0 Å². The van der Waals surface area contributed by atoms with E-state index in [9.17, 15) is 9.59 Å². The molecule has 0 aromatic heterocycles. The molecule has 0 spiro atoms. The van der Waals surface area contributed by atoms with Crippen LogP contribution in [0.1, 0.15) is 12.5 Å². The third-order valence-electron chi connectivity index (χ3n) is 2.51. The number of amides is 1. The Morgan fingerprint density at radius 2 is 2.12 bits per heavy atom. The number of cyclic esters (lactones) is 1. The second kappa shape index (κ2) is 4.86. The maximum Gasteiger partial charge on any atom is 0.408 e. The summed E-state index contributed by atoms with van der Waals surface area (Å²) in [5, 5.41) is 2.40. The van der Waals surface area contributed by atoms with Gasteiger partial charge in [0.15, 0.2) is 6.04 Å². The first kappa shape index (κ1) is 11.4. The summed E-state index contributed by atoms with van der Waals surface area (Å²) in [6, 6.07) is 8.63. The van der Waals surface area contributed by atoms with Crippen LogP contribution in [0, 0.1) is 0 Å². The topological polar surface area (TPSA) is 64.6 Å². The van der Waals surface area contributed by atoms with E-state index in [-0.39, 0.29) is 6.61 Å². The minimum atomic E-state index is -0.716. The second-order valence-corrected chi connectivity index (χ2v) is 3.83. The van der Waals surface area contributed by atoms with Gasteiger partial charge in [-0.2, -0.15) is 0 Å². The van der Waals surface area contributed by atoms with Crippen molar-refractivity contribution in [1.82, 2.24) is 5.32 Å². The quantitative estimate of drug-likeness (QED) is 0.800. The lowest BCUT2D eigenvalue weighted by molar-refractivity contribution is -0.148. The molecule has 1 aliphatic rings. The highest BCUT2D eigenvalue weighted by atomic mass is 16.6. The molecule has 1 heterocycles. The van der Waals surface area contributed by atoms with Crippen LogP contribution in [0.4, 0.5) is 4.79 Å². The molecule has 2 unspecified atom stereocenters. The number of esters is 1. The summed E-state index contributed by atoms with van der Waals surface area (Å²) >= 11 is 0. The predicted octanol–water partition coefficient (Wildman–Crippen LogP) is 1.23. The molecule has 1 aromatic carbocycles. The van der Waals surface area contributed by atoms with E-state index in [0.717, 1.165) is 5.56 Å². The molecule has 0 bridgehead atoms. The number of hydrogen-bond acceptors (Lipinski definition) is 4. The van der Waals surface area contributed by atoms with Gasteiger partial charge in [-0.05, 0) is 12.5 Å². The molecule has 0 aliphatic carbocycles. The Morgan fingerprint density at radius 3 is 2.71 bits per heavy atom. The van der Waals surface area contributed by atoms with Crippen molar-refractivity contribution in [3.8, 4) is 0 Å². The number of carbonyl (C=O) groups excluding carboxylic acids is 2. The van der Waals surface area contributed by atoms with Gasteiger partial charge in [0, 0.05) is 0 Å². The lowest BCUT2D eigenvalue weighted by Gasteiger charge is -2.11. The molecule has 1 fully saturated rings. The number of rotatable bonds is 3. The maximum absolute atomic E-state index is 11.7. The average Bonchev–Trinajstić information content (AvgIpc) is 2.67. The summed E-state index contributed by atoms with van der Waals surface area (Å²) in [6.45, 7) is 1.84. The molecule has 1 saturated heterocycles. The van der Waals surface area contributed by atoms with Crippen LogP contribution in [-0.4, -0.2) is 24.2 Å². The van der Waals surface area contributed by atoms with Gasteiger partial charge in [0.05, 0.1) is 0 Å². The van der Waals surface area contributed by atoms with Crippen molar-refractivity contribution in [1.29, 1.82) is 0 Å². The molecule has 0 radical (unpaired) electrons. The Kier molecular flexibility index (Phi) is 3.27. The average molecular weight is 235 g/mol. The molecule has 2 rings (SSSR count).